The Morgan fingerprint density at radius 3 is 2.72 bits per heavy atom. The predicted octanol–water partition coefficient (Wildman–Crippen LogP) is 2.23. The van der Waals surface area contributed by atoms with Gasteiger partial charge in [-0.2, -0.15) is 0 Å². The largest absolute Gasteiger partial charge is 0.392 e. The van der Waals surface area contributed by atoms with Crippen LogP contribution < -0.4 is 5.73 Å². The van der Waals surface area contributed by atoms with Gasteiger partial charge in [0.15, 0.2) is 5.16 Å². The number of hydrogen-bond acceptors (Lipinski definition) is 5. The van der Waals surface area contributed by atoms with Crippen molar-refractivity contribution in [1.29, 1.82) is 0 Å². The first-order valence-electron chi connectivity index (χ1n) is 6.64. The minimum absolute atomic E-state index is 0.216. The Balaban J connectivity index is 2.12. The van der Waals surface area contributed by atoms with Gasteiger partial charge in [0, 0.05) is 11.3 Å². The number of nitrogens with zero attached hydrogens (tertiary/aromatic N) is 3. The van der Waals surface area contributed by atoms with Gasteiger partial charge in [-0.05, 0) is 26.7 Å². The summed E-state index contributed by atoms with van der Waals surface area (Å²) in [4.78, 5) is 0. The molecule has 1 aromatic rings. The SMILES string of the molecule is CC(C)n1c(N)nnc1SC1CCCCCC1O. The fourth-order valence-corrected chi connectivity index (χ4v) is 3.74. The van der Waals surface area contributed by atoms with Gasteiger partial charge in [0.1, 0.15) is 0 Å². The third-order valence-corrected chi connectivity index (χ3v) is 4.72. The molecule has 0 amide bonds. The van der Waals surface area contributed by atoms with Gasteiger partial charge >= 0.3 is 0 Å². The van der Waals surface area contributed by atoms with Crippen molar-refractivity contribution in [2.75, 3.05) is 5.73 Å². The molecule has 2 unspecified atom stereocenters. The van der Waals surface area contributed by atoms with Crippen LogP contribution in [0.3, 0.4) is 0 Å². The first kappa shape index (κ1) is 13.7. The van der Waals surface area contributed by atoms with E-state index in [0.717, 1.165) is 24.4 Å². The molecule has 0 aliphatic heterocycles. The van der Waals surface area contributed by atoms with Gasteiger partial charge in [-0.15, -0.1) is 10.2 Å². The molecule has 1 aliphatic carbocycles. The number of rotatable bonds is 3. The van der Waals surface area contributed by atoms with Crippen LogP contribution >= 0.6 is 11.8 Å². The van der Waals surface area contributed by atoms with Crippen molar-refractivity contribution in [3.8, 4) is 0 Å². The van der Waals surface area contributed by atoms with Crippen LogP contribution in [0.5, 0.6) is 0 Å². The van der Waals surface area contributed by atoms with E-state index in [2.05, 4.69) is 24.0 Å². The third kappa shape index (κ3) is 2.98. The average Bonchev–Trinajstić information content (AvgIpc) is 2.55. The Kier molecular flexibility index (Phi) is 4.50. The zero-order valence-corrected chi connectivity index (χ0v) is 11.9. The Labute approximate surface area is 112 Å². The molecule has 0 aromatic carbocycles. The lowest BCUT2D eigenvalue weighted by atomic mass is 10.1. The first-order chi connectivity index (χ1) is 8.59. The molecule has 3 N–H and O–H groups in total. The fraction of sp³-hybridized carbons (Fsp3) is 0.833. The van der Waals surface area contributed by atoms with E-state index in [1.165, 1.54) is 12.8 Å². The van der Waals surface area contributed by atoms with Crippen molar-refractivity contribution in [3.05, 3.63) is 0 Å². The number of nitrogens with two attached hydrogens (primary N) is 1. The fourth-order valence-electron chi connectivity index (χ4n) is 2.38. The average molecular weight is 270 g/mol. The van der Waals surface area contributed by atoms with Gasteiger partial charge in [0.2, 0.25) is 5.95 Å². The van der Waals surface area contributed by atoms with Crippen LogP contribution in [-0.4, -0.2) is 31.2 Å². The van der Waals surface area contributed by atoms with E-state index in [1.807, 2.05) is 4.57 Å². The topological polar surface area (TPSA) is 77.0 Å². The molecule has 2 atom stereocenters. The molecule has 5 nitrogen and oxygen atoms in total. The molecule has 1 aromatic heterocycles. The molecule has 2 rings (SSSR count). The maximum Gasteiger partial charge on any atom is 0.222 e. The summed E-state index contributed by atoms with van der Waals surface area (Å²) in [6, 6.07) is 0.241. The molecule has 18 heavy (non-hydrogen) atoms. The van der Waals surface area contributed by atoms with E-state index in [0.29, 0.717) is 5.95 Å². The highest BCUT2D eigenvalue weighted by molar-refractivity contribution is 7.99. The Hall–Kier alpha value is -0.750. The summed E-state index contributed by atoms with van der Waals surface area (Å²) in [6.07, 6.45) is 5.21. The van der Waals surface area contributed by atoms with Crippen LogP contribution in [0.2, 0.25) is 0 Å². The molecule has 102 valence electrons. The van der Waals surface area contributed by atoms with Crippen LogP contribution in [0.15, 0.2) is 5.16 Å². The van der Waals surface area contributed by atoms with E-state index < -0.39 is 0 Å². The van der Waals surface area contributed by atoms with Crippen molar-refractivity contribution in [2.45, 2.75) is 68.5 Å². The summed E-state index contributed by atoms with van der Waals surface area (Å²) in [7, 11) is 0. The zero-order chi connectivity index (χ0) is 13.1. The number of hydrogen-bond donors (Lipinski definition) is 2. The molecule has 1 fully saturated rings. The minimum atomic E-state index is -0.240. The highest BCUT2D eigenvalue weighted by Gasteiger charge is 2.25. The summed E-state index contributed by atoms with van der Waals surface area (Å²) in [5.74, 6) is 0.454. The second-order valence-electron chi connectivity index (χ2n) is 5.17. The Morgan fingerprint density at radius 2 is 2.00 bits per heavy atom. The number of aliphatic hydroxyl groups excluding tert-OH is 1. The summed E-state index contributed by atoms with van der Waals surface area (Å²) in [5, 5.41) is 19.3. The summed E-state index contributed by atoms with van der Waals surface area (Å²) < 4.78 is 1.93. The Bertz CT molecular complexity index is 393. The maximum absolute atomic E-state index is 10.1. The van der Waals surface area contributed by atoms with Crippen molar-refractivity contribution >= 4 is 17.7 Å². The van der Waals surface area contributed by atoms with E-state index in [-0.39, 0.29) is 17.4 Å². The maximum atomic E-state index is 10.1. The van der Waals surface area contributed by atoms with Crippen LogP contribution in [0.25, 0.3) is 0 Å². The number of anilines is 1. The molecule has 0 radical (unpaired) electrons. The molecule has 1 heterocycles. The standard InChI is InChI=1S/C12H22N4OS/c1-8(2)16-11(13)14-15-12(16)18-10-7-5-3-4-6-9(10)17/h8-10,17H,3-7H2,1-2H3,(H2,13,14). The van der Waals surface area contributed by atoms with E-state index in [1.54, 1.807) is 11.8 Å². The number of aliphatic hydroxyl groups is 1. The van der Waals surface area contributed by atoms with Crippen LogP contribution in [-0.2, 0) is 0 Å². The van der Waals surface area contributed by atoms with Gasteiger partial charge in [-0.1, -0.05) is 31.0 Å². The second-order valence-corrected chi connectivity index (χ2v) is 6.37. The second kappa shape index (κ2) is 5.93. The van der Waals surface area contributed by atoms with E-state index >= 15 is 0 Å². The zero-order valence-electron chi connectivity index (χ0n) is 11.0. The van der Waals surface area contributed by atoms with Crippen molar-refractivity contribution in [1.82, 2.24) is 14.8 Å². The molecule has 1 saturated carbocycles. The van der Waals surface area contributed by atoms with Gasteiger partial charge in [-0.25, -0.2) is 0 Å². The number of aromatic nitrogens is 3. The number of nitrogen functional groups attached to an aromatic ring is 1. The minimum Gasteiger partial charge on any atom is -0.392 e. The monoisotopic (exact) mass is 270 g/mol. The van der Waals surface area contributed by atoms with Gasteiger partial charge in [0.25, 0.3) is 0 Å². The molecular weight excluding hydrogens is 248 g/mol. The molecule has 0 spiro atoms. The van der Waals surface area contributed by atoms with Crippen molar-refractivity contribution in [3.63, 3.8) is 0 Å². The quantitative estimate of drug-likeness (QED) is 0.824. The molecule has 6 heteroatoms. The Morgan fingerprint density at radius 1 is 1.28 bits per heavy atom. The summed E-state index contributed by atoms with van der Waals surface area (Å²) in [6.45, 7) is 4.13. The van der Waals surface area contributed by atoms with Crippen molar-refractivity contribution in [2.24, 2.45) is 0 Å². The lowest BCUT2D eigenvalue weighted by molar-refractivity contribution is 0.163. The summed E-state index contributed by atoms with van der Waals surface area (Å²) in [5.41, 5.74) is 5.83. The highest BCUT2D eigenvalue weighted by atomic mass is 32.2. The predicted molar refractivity (Wildman–Crippen MR) is 73.6 cm³/mol. The van der Waals surface area contributed by atoms with Gasteiger partial charge in [0.05, 0.1) is 6.10 Å². The highest BCUT2D eigenvalue weighted by Crippen LogP contribution is 2.33. The summed E-state index contributed by atoms with van der Waals surface area (Å²) >= 11 is 1.62. The lowest BCUT2D eigenvalue weighted by Gasteiger charge is -2.20. The molecular formula is C12H22N4OS. The normalized spacial score (nSPS) is 25.3. The molecule has 1 aliphatic rings. The van der Waals surface area contributed by atoms with Crippen molar-refractivity contribution < 1.29 is 5.11 Å². The van der Waals surface area contributed by atoms with E-state index in [4.69, 9.17) is 5.73 Å². The lowest BCUT2D eigenvalue weighted by Crippen LogP contribution is -2.22. The van der Waals surface area contributed by atoms with Crippen LogP contribution in [0, 0.1) is 0 Å². The molecule has 0 bridgehead atoms. The van der Waals surface area contributed by atoms with E-state index in [9.17, 15) is 5.11 Å². The number of thioether (sulfide) groups is 1. The van der Waals surface area contributed by atoms with Crippen LogP contribution in [0.1, 0.15) is 52.0 Å². The first-order valence-corrected chi connectivity index (χ1v) is 7.52. The van der Waals surface area contributed by atoms with Gasteiger partial charge < -0.3 is 10.8 Å². The van der Waals surface area contributed by atoms with Gasteiger partial charge in [-0.3, -0.25) is 4.57 Å². The molecule has 0 saturated heterocycles. The third-order valence-electron chi connectivity index (χ3n) is 3.38. The smallest absolute Gasteiger partial charge is 0.222 e. The van der Waals surface area contributed by atoms with Crippen LogP contribution in [0.4, 0.5) is 5.95 Å².